The third-order valence-electron chi connectivity index (χ3n) is 5.18. The Morgan fingerprint density at radius 1 is 1.24 bits per heavy atom. The van der Waals surface area contributed by atoms with Crippen LogP contribution in [0.2, 0.25) is 0 Å². The van der Waals surface area contributed by atoms with Gasteiger partial charge in [-0.2, -0.15) is 0 Å². The van der Waals surface area contributed by atoms with E-state index in [4.69, 9.17) is 0 Å². The third-order valence-corrected chi connectivity index (χ3v) is 5.18. The van der Waals surface area contributed by atoms with Crippen molar-refractivity contribution >= 4 is 0 Å². The molecule has 0 spiro atoms. The molecule has 0 amide bonds. The van der Waals surface area contributed by atoms with Crippen LogP contribution in [0, 0.1) is 5.41 Å². The first kappa shape index (κ1) is 13.4. The molecule has 1 saturated carbocycles. The molecule has 0 radical (unpaired) electrons. The largest absolute Gasteiger partial charge is 0.315 e. The Balaban J connectivity index is 2.12. The molecule has 0 aromatic carbocycles. The summed E-state index contributed by atoms with van der Waals surface area (Å²) in [5, 5.41) is 3.62. The van der Waals surface area contributed by atoms with Crippen molar-refractivity contribution in [2.75, 3.05) is 13.6 Å². The van der Waals surface area contributed by atoms with E-state index in [-0.39, 0.29) is 0 Å². The fourth-order valence-electron chi connectivity index (χ4n) is 4.28. The van der Waals surface area contributed by atoms with Crippen molar-refractivity contribution in [3.8, 4) is 0 Å². The van der Waals surface area contributed by atoms with Crippen LogP contribution in [0.3, 0.4) is 0 Å². The summed E-state index contributed by atoms with van der Waals surface area (Å²) < 4.78 is 0. The Bertz CT molecular complexity index is 249. The van der Waals surface area contributed by atoms with Gasteiger partial charge in [-0.3, -0.25) is 4.90 Å². The smallest absolute Gasteiger partial charge is 0.0271 e. The van der Waals surface area contributed by atoms with Crippen LogP contribution < -0.4 is 5.32 Å². The van der Waals surface area contributed by atoms with Gasteiger partial charge in [0.1, 0.15) is 0 Å². The highest BCUT2D eigenvalue weighted by atomic mass is 15.2. The Labute approximate surface area is 107 Å². The maximum atomic E-state index is 3.62. The summed E-state index contributed by atoms with van der Waals surface area (Å²) in [6.07, 6.45) is 8.33. The molecule has 1 heterocycles. The quantitative estimate of drug-likeness (QED) is 0.813. The minimum absolute atomic E-state index is 0.457. The van der Waals surface area contributed by atoms with Gasteiger partial charge in [0.2, 0.25) is 0 Å². The zero-order valence-electron chi connectivity index (χ0n) is 12.1. The zero-order chi connectivity index (χ0) is 12.5. The van der Waals surface area contributed by atoms with Crippen molar-refractivity contribution < 1.29 is 0 Å². The Hall–Kier alpha value is -0.0800. The van der Waals surface area contributed by atoms with Crippen molar-refractivity contribution in [3.05, 3.63) is 0 Å². The van der Waals surface area contributed by atoms with Gasteiger partial charge in [0.05, 0.1) is 0 Å². The lowest BCUT2D eigenvalue weighted by molar-refractivity contribution is 0.0438. The van der Waals surface area contributed by atoms with Crippen LogP contribution in [0.15, 0.2) is 0 Å². The van der Waals surface area contributed by atoms with E-state index in [9.17, 15) is 0 Å². The number of likely N-dealkylation sites (N-methyl/N-ethyl adjacent to an activating group) is 1. The Morgan fingerprint density at radius 3 is 2.65 bits per heavy atom. The van der Waals surface area contributed by atoms with Gasteiger partial charge in [0.25, 0.3) is 0 Å². The molecule has 2 aliphatic rings. The van der Waals surface area contributed by atoms with E-state index >= 15 is 0 Å². The fraction of sp³-hybridized carbons (Fsp3) is 1.00. The second-order valence-electron chi connectivity index (χ2n) is 6.66. The second kappa shape index (κ2) is 5.27. The molecule has 1 saturated heterocycles. The molecule has 1 N–H and O–H groups in total. The first-order chi connectivity index (χ1) is 8.10. The molecule has 0 aromatic rings. The van der Waals surface area contributed by atoms with Gasteiger partial charge >= 0.3 is 0 Å². The van der Waals surface area contributed by atoms with Crippen LogP contribution in [-0.2, 0) is 0 Å². The molecule has 2 nitrogen and oxygen atoms in total. The van der Waals surface area contributed by atoms with Crippen LogP contribution >= 0.6 is 0 Å². The van der Waals surface area contributed by atoms with Crippen LogP contribution in [0.1, 0.15) is 59.3 Å². The number of hydrogen-bond acceptors (Lipinski definition) is 2. The van der Waals surface area contributed by atoms with E-state index in [1.807, 2.05) is 0 Å². The summed E-state index contributed by atoms with van der Waals surface area (Å²) in [6.45, 7) is 8.57. The summed E-state index contributed by atoms with van der Waals surface area (Å²) in [7, 11) is 2.15. The highest BCUT2D eigenvalue weighted by molar-refractivity contribution is 5.00. The molecule has 2 heteroatoms. The molecule has 17 heavy (non-hydrogen) atoms. The molecule has 3 atom stereocenters. The first-order valence-corrected chi connectivity index (χ1v) is 7.53. The van der Waals surface area contributed by atoms with Gasteiger partial charge in [-0.05, 0) is 51.1 Å². The summed E-state index contributed by atoms with van der Waals surface area (Å²) in [5.74, 6) is 0. The highest BCUT2D eigenvalue weighted by Gasteiger charge is 2.43. The maximum absolute atomic E-state index is 3.62. The molecule has 2 fully saturated rings. The fourth-order valence-corrected chi connectivity index (χ4v) is 4.28. The van der Waals surface area contributed by atoms with E-state index in [0.717, 1.165) is 12.1 Å². The summed E-state index contributed by atoms with van der Waals surface area (Å²) in [4.78, 5) is 2.82. The normalized spacial score (nSPS) is 38.5. The van der Waals surface area contributed by atoms with Gasteiger partial charge < -0.3 is 5.32 Å². The van der Waals surface area contributed by atoms with Gasteiger partial charge in [0.15, 0.2) is 0 Å². The molecular weight excluding hydrogens is 208 g/mol. The standard InChI is InChI=1S/C15H30N2/c1-5-12-8-7-11-17(12)13-9-6-10-15(2,3)14(13)16-4/h12-14,16H,5-11H2,1-4H3. The third kappa shape index (κ3) is 2.53. The van der Waals surface area contributed by atoms with Crippen molar-refractivity contribution in [3.63, 3.8) is 0 Å². The maximum Gasteiger partial charge on any atom is 0.0271 e. The summed E-state index contributed by atoms with van der Waals surface area (Å²) in [5.41, 5.74) is 0.457. The molecule has 2 rings (SSSR count). The van der Waals surface area contributed by atoms with Crippen LogP contribution in [-0.4, -0.2) is 36.6 Å². The highest BCUT2D eigenvalue weighted by Crippen LogP contribution is 2.39. The molecule has 3 unspecified atom stereocenters. The Kier molecular flexibility index (Phi) is 4.14. The average Bonchev–Trinajstić information content (AvgIpc) is 2.75. The molecule has 100 valence electrons. The monoisotopic (exact) mass is 238 g/mol. The number of nitrogens with one attached hydrogen (secondary N) is 1. The second-order valence-corrected chi connectivity index (χ2v) is 6.66. The summed E-state index contributed by atoms with van der Waals surface area (Å²) in [6, 6.07) is 2.30. The SMILES string of the molecule is CCC1CCCN1C1CCCC(C)(C)C1NC. The predicted molar refractivity (Wildman–Crippen MR) is 74.3 cm³/mol. The first-order valence-electron chi connectivity index (χ1n) is 7.53. The molecular formula is C15H30N2. The van der Waals surface area contributed by atoms with E-state index in [2.05, 4.69) is 38.0 Å². The lowest BCUT2D eigenvalue weighted by Gasteiger charge is -2.49. The minimum atomic E-state index is 0.457. The van der Waals surface area contributed by atoms with Crippen molar-refractivity contribution in [2.24, 2.45) is 5.41 Å². The lowest BCUT2D eigenvalue weighted by Crippen LogP contribution is -2.58. The van der Waals surface area contributed by atoms with E-state index in [1.54, 1.807) is 0 Å². The van der Waals surface area contributed by atoms with E-state index in [0.29, 0.717) is 11.5 Å². The van der Waals surface area contributed by atoms with E-state index in [1.165, 1.54) is 45.1 Å². The number of likely N-dealkylation sites (tertiary alicyclic amines) is 1. The number of rotatable bonds is 3. The predicted octanol–water partition coefficient (Wildman–Crippen LogP) is 3.03. The minimum Gasteiger partial charge on any atom is -0.315 e. The molecule has 1 aliphatic carbocycles. The van der Waals surface area contributed by atoms with Crippen LogP contribution in [0.4, 0.5) is 0 Å². The Morgan fingerprint density at radius 2 is 2.00 bits per heavy atom. The lowest BCUT2D eigenvalue weighted by atomic mass is 9.70. The van der Waals surface area contributed by atoms with E-state index < -0.39 is 0 Å². The summed E-state index contributed by atoms with van der Waals surface area (Å²) >= 11 is 0. The average molecular weight is 238 g/mol. The zero-order valence-corrected chi connectivity index (χ0v) is 12.1. The topological polar surface area (TPSA) is 15.3 Å². The van der Waals surface area contributed by atoms with Crippen LogP contribution in [0.25, 0.3) is 0 Å². The van der Waals surface area contributed by atoms with Crippen molar-refractivity contribution in [1.82, 2.24) is 10.2 Å². The molecule has 0 bridgehead atoms. The number of hydrogen-bond donors (Lipinski definition) is 1. The van der Waals surface area contributed by atoms with Gasteiger partial charge in [-0.15, -0.1) is 0 Å². The van der Waals surface area contributed by atoms with Crippen molar-refractivity contribution in [1.29, 1.82) is 0 Å². The van der Waals surface area contributed by atoms with Gasteiger partial charge in [0, 0.05) is 18.1 Å². The number of nitrogens with zero attached hydrogens (tertiary/aromatic N) is 1. The van der Waals surface area contributed by atoms with Crippen molar-refractivity contribution in [2.45, 2.75) is 77.4 Å². The van der Waals surface area contributed by atoms with Gasteiger partial charge in [-0.1, -0.05) is 27.2 Å². The molecule has 0 aromatic heterocycles. The van der Waals surface area contributed by atoms with Crippen LogP contribution in [0.5, 0.6) is 0 Å². The molecule has 1 aliphatic heterocycles. The van der Waals surface area contributed by atoms with Gasteiger partial charge in [-0.25, -0.2) is 0 Å².